The van der Waals surface area contributed by atoms with Crippen LogP contribution in [0, 0.1) is 0 Å². The van der Waals surface area contributed by atoms with Gasteiger partial charge < -0.3 is 15.4 Å². The number of nitrogens with one attached hydrogen (secondary N) is 3. The van der Waals surface area contributed by atoms with Crippen molar-refractivity contribution in [3.63, 3.8) is 0 Å². The van der Waals surface area contributed by atoms with Gasteiger partial charge in [0.1, 0.15) is 9.92 Å². The van der Waals surface area contributed by atoms with Crippen LogP contribution in [0.1, 0.15) is 10.4 Å². The predicted octanol–water partition coefficient (Wildman–Crippen LogP) is 3.31. The van der Waals surface area contributed by atoms with Crippen LogP contribution >= 0.6 is 11.6 Å². The summed E-state index contributed by atoms with van der Waals surface area (Å²) in [6.45, 7) is 0. The fourth-order valence-corrected chi connectivity index (χ4v) is 3.52. The highest BCUT2D eigenvalue weighted by Gasteiger charge is 2.17. The van der Waals surface area contributed by atoms with E-state index in [9.17, 15) is 13.2 Å². The third-order valence-corrected chi connectivity index (χ3v) is 5.75. The van der Waals surface area contributed by atoms with Gasteiger partial charge in [-0.15, -0.1) is 0 Å². The molecule has 3 rings (SSSR count). The number of rotatable bonds is 7. The van der Waals surface area contributed by atoms with E-state index in [0.29, 0.717) is 16.9 Å². The fourth-order valence-electron chi connectivity index (χ4n) is 2.49. The van der Waals surface area contributed by atoms with Crippen LogP contribution in [-0.2, 0) is 14.8 Å². The number of esters is 1. The standard InChI is InChI=1S/C19H18ClN5O4S/c1-21-30(27,28)16-6-4-3-5-15(16)24-17-14(20)11-22-19(25-17)23-13-9-7-12(8-10-13)18(26)29-2/h3-11,21H,1-2H3,(H2,22,23,24,25). The Bertz CT molecular complexity index is 1170. The van der Waals surface area contributed by atoms with E-state index in [1.54, 1.807) is 42.5 Å². The van der Waals surface area contributed by atoms with Gasteiger partial charge in [-0.05, 0) is 43.4 Å². The molecule has 0 amide bonds. The van der Waals surface area contributed by atoms with Crippen molar-refractivity contribution >= 4 is 50.7 Å². The molecule has 0 aliphatic rings. The van der Waals surface area contributed by atoms with Crippen molar-refractivity contribution in [2.75, 3.05) is 24.8 Å². The van der Waals surface area contributed by atoms with Crippen LogP contribution in [0.2, 0.25) is 5.02 Å². The summed E-state index contributed by atoms with van der Waals surface area (Å²) in [6.07, 6.45) is 1.39. The topological polar surface area (TPSA) is 122 Å². The van der Waals surface area contributed by atoms with Crippen LogP contribution in [0.25, 0.3) is 0 Å². The van der Waals surface area contributed by atoms with E-state index in [1.165, 1.54) is 26.4 Å². The number of aromatic nitrogens is 2. The van der Waals surface area contributed by atoms with E-state index in [2.05, 4.69) is 30.1 Å². The van der Waals surface area contributed by atoms with E-state index < -0.39 is 16.0 Å². The average Bonchev–Trinajstić information content (AvgIpc) is 2.76. The second kappa shape index (κ2) is 9.08. The van der Waals surface area contributed by atoms with Crippen molar-refractivity contribution < 1.29 is 17.9 Å². The zero-order valence-electron chi connectivity index (χ0n) is 16.0. The van der Waals surface area contributed by atoms with Crippen molar-refractivity contribution in [2.45, 2.75) is 4.90 Å². The molecule has 2 aromatic carbocycles. The molecule has 0 aliphatic carbocycles. The molecule has 3 N–H and O–H groups in total. The van der Waals surface area contributed by atoms with E-state index in [4.69, 9.17) is 11.6 Å². The molecule has 0 aliphatic heterocycles. The molecule has 11 heteroatoms. The van der Waals surface area contributed by atoms with E-state index in [0.717, 1.165) is 0 Å². The van der Waals surface area contributed by atoms with E-state index in [1.807, 2.05) is 0 Å². The molecule has 30 heavy (non-hydrogen) atoms. The minimum Gasteiger partial charge on any atom is -0.465 e. The Morgan fingerprint density at radius 3 is 2.43 bits per heavy atom. The first-order valence-electron chi connectivity index (χ1n) is 8.61. The zero-order valence-corrected chi connectivity index (χ0v) is 17.6. The van der Waals surface area contributed by atoms with Crippen LogP contribution in [0.15, 0.2) is 59.6 Å². The fraction of sp³-hybridized carbons (Fsp3) is 0.105. The predicted molar refractivity (Wildman–Crippen MR) is 114 cm³/mol. The molecular weight excluding hydrogens is 430 g/mol. The molecule has 0 spiro atoms. The van der Waals surface area contributed by atoms with Gasteiger partial charge in [0.05, 0.1) is 24.6 Å². The number of ether oxygens (including phenoxy) is 1. The normalized spacial score (nSPS) is 11.0. The molecule has 0 atom stereocenters. The van der Waals surface area contributed by atoms with Gasteiger partial charge in [-0.2, -0.15) is 4.98 Å². The van der Waals surface area contributed by atoms with Crippen LogP contribution in [0.5, 0.6) is 0 Å². The summed E-state index contributed by atoms with van der Waals surface area (Å²) in [5.41, 5.74) is 1.35. The number of para-hydroxylation sites is 1. The largest absolute Gasteiger partial charge is 0.465 e. The van der Waals surface area contributed by atoms with Gasteiger partial charge in [0.15, 0.2) is 5.82 Å². The smallest absolute Gasteiger partial charge is 0.337 e. The highest BCUT2D eigenvalue weighted by atomic mass is 35.5. The lowest BCUT2D eigenvalue weighted by Crippen LogP contribution is -2.19. The van der Waals surface area contributed by atoms with Crippen molar-refractivity contribution in [3.8, 4) is 0 Å². The van der Waals surface area contributed by atoms with Crippen LogP contribution in [-0.4, -0.2) is 38.5 Å². The summed E-state index contributed by atoms with van der Waals surface area (Å²) in [7, 11) is -1.05. The molecule has 0 fully saturated rings. The third-order valence-electron chi connectivity index (χ3n) is 4.00. The molecule has 156 valence electrons. The van der Waals surface area contributed by atoms with Gasteiger partial charge in [-0.1, -0.05) is 23.7 Å². The van der Waals surface area contributed by atoms with Gasteiger partial charge in [-0.25, -0.2) is 22.9 Å². The number of nitrogens with zero attached hydrogens (tertiary/aromatic N) is 2. The van der Waals surface area contributed by atoms with Crippen molar-refractivity contribution in [1.82, 2.24) is 14.7 Å². The summed E-state index contributed by atoms with van der Waals surface area (Å²) in [5, 5.41) is 6.14. The Morgan fingerprint density at radius 1 is 1.07 bits per heavy atom. The maximum atomic E-state index is 12.2. The Hall–Kier alpha value is -3.21. The van der Waals surface area contributed by atoms with Gasteiger partial charge in [0.2, 0.25) is 16.0 Å². The zero-order chi connectivity index (χ0) is 21.7. The lowest BCUT2D eigenvalue weighted by Gasteiger charge is -2.13. The SMILES string of the molecule is CNS(=O)(=O)c1ccccc1Nc1nc(Nc2ccc(C(=O)OC)cc2)ncc1Cl. The highest BCUT2D eigenvalue weighted by Crippen LogP contribution is 2.28. The number of benzene rings is 2. The molecule has 0 bridgehead atoms. The molecule has 3 aromatic rings. The number of halogens is 1. The molecule has 0 radical (unpaired) electrons. The number of anilines is 4. The Balaban J connectivity index is 1.86. The first kappa shape index (κ1) is 21.5. The first-order chi connectivity index (χ1) is 14.3. The number of carbonyl (C=O) groups excluding carboxylic acids is 1. The third kappa shape index (κ3) is 4.85. The van der Waals surface area contributed by atoms with E-state index in [-0.39, 0.29) is 21.7 Å². The van der Waals surface area contributed by atoms with Crippen molar-refractivity contribution in [3.05, 3.63) is 65.3 Å². The Labute approximate surface area is 178 Å². The molecule has 0 saturated carbocycles. The molecule has 9 nitrogen and oxygen atoms in total. The van der Waals surface area contributed by atoms with Gasteiger partial charge in [0.25, 0.3) is 0 Å². The lowest BCUT2D eigenvalue weighted by atomic mass is 10.2. The quantitative estimate of drug-likeness (QED) is 0.471. The average molecular weight is 448 g/mol. The van der Waals surface area contributed by atoms with Crippen LogP contribution in [0.4, 0.5) is 23.1 Å². The molecular formula is C19H18ClN5O4S. The minimum atomic E-state index is -3.69. The van der Waals surface area contributed by atoms with E-state index >= 15 is 0 Å². The van der Waals surface area contributed by atoms with Crippen molar-refractivity contribution in [2.24, 2.45) is 0 Å². The summed E-state index contributed by atoms with van der Waals surface area (Å²) < 4.78 is 31.4. The monoisotopic (exact) mass is 447 g/mol. The Morgan fingerprint density at radius 2 is 1.77 bits per heavy atom. The molecule has 1 heterocycles. The second-order valence-electron chi connectivity index (χ2n) is 5.91. The number of sulfonamides is 1. The first-order valence-corrected chi connectivity index (χ1v) is 10.5. The number of carbonyl (C=O) groups is 1. The summed E-state index contributed by atoms with van der Waals surface area (Å²) in [4.78, 5) is 20.0. The summed E-state index contributed by atoms with van der Waals surface area (Å²) >= 11 is 6.19. The highest BCUT2D eigenvalue weighted by molar-refractivity contribution is 7.89. The molecule has 0 saturated heterocycles. The molecule has 0 unspecified atom stereocenters. The van der Waals surface area contributed by atoms with Crippen LogP contribution in [0.3, 0.4) is 0 Å². The molecule has 1 aromatic heterocycles. The van der Waals surface area contributed by atoms with Gasteiger partial charge in [0, 0.05) is 5.69 Å². The number of methoxy groups -OCH3 is 1. The van der Waals surface area contributed by atoms with Gasteiger partial charge in [-0.3, -0.25) is 0 Å². The summed E-state index contributed by atoms with van der Waals surface area (Å²) in [5.74, 6) is 0.00624. The van der Waals surface area contributed by atoms with Crippen LogP contribution < -0.4 is 15.4 Å². The number of hydrogen-bond donors (Lipinski definition) is 3. The maximum absolute atomic E-state index is 12.2. The summed E-state index contributed by atoms with van der Waals surface area (Å²) in [6, 6.07) is 12.9. The van der Waals surface area contributed by atoms with Crippen molar-refractivity contribution in [1.29, 1.82) is 0 Å². The number of hydrogen-bond acceptors (Lipinski definition) is 8. The Kier molecular flexibility index (Phi) is 6.50. The second-order valence-corrected chi connectivity index (χ2v) is 8.17. The van der Waals surface area contributed by atoms with Gasteiger partial charge >= 0.3 is 5.97 Å². The lowest BCUT2D eigenvalue weighted by molar-refractivity contribution is 0.0600. The minimum absolute atomic E-state index is 0.0510. The maximum Gasteiger partial charge on any atom is 0.337 e.